The Morgan fingerprint density at radius 1 is 0.567 bits per heavy atom. The van der Waals surface area contributed by atoms with Crippen molar-refractivity contribution in [2.24, 2.45) is 0 Å². The summed E-state index contributed by atoms with van der Waals surface area (Å²) < 4.78 is 11.9. The summed E-state index contributed by atoms with van der Waals surface area (Å²) in [7, 11) is -0.237. The molecule has 0 unspecified atom stereocenters. The molecule has 0 aromatic rings. The molecule has 0 aliphatic carbocycles. The summed E-state index contributed by atoms with van der Waals surface area (Å²) in [4.78, 5) is 0. The minimum atomic E-state index is -0.255. The molecule has 1 fully saturated rings. The lowest BCUT2D eigenvalue weighted by Crippen LogP contribution is -2.41. The minimum Gasteiger partial charge on any atom is -0.400 e. The van der Waals surface area contributed by atoms with Crippen molar-refractivity contribution in [1.82, 2.24) is 0 Å². The predicted molar refractivity (Wildman–Crippen MR) is 134 cm³/mol. The molecule has 1 aliphatic rings. The monoisotopic (exact) mass is 416 g/mol. The summed E-state index contributed by atoms with van der Waals surface area (Å²) in [6, 6.07) is 0. The molecule has 1 heterocycles. The van der Waals surface area contributed by atoms with Gasteiger partial charge >= 0.3 is 7.12 Å². The molecule has 0 aromatic carbocycles. The van der Waals surface area contributed by atoms with E-state index in [1.165, 1.54) is 83.5 Å². The minimum absolute atomic E-state index is 0.237. The highest BCUT2D eigenvalue weighted by Gasteiger charge is 2.49. The zero-order valence-corrected chi connectivity index (χ0v) is 20.8. The van der Waals surface area contributed by atoms with E-state index in [4.69, 9.17) is 9.31 Å². The van der Waals surface area contributed by atoms with E-state index in [0.717, 1.165) is 6.42 Å². The second-order valence-corrected chi connectivity index (χ2v) is 9.81. The van der Waals surface area contributed by atoms with Crippen LogP contribution in [0.1, 0.15) is 125 Å². The second-order valence-electron chi connectivity index (χ2n) is 9.81. The fourth-order valence-electron chi connectivity index (χ4n) is 3.63. The van der Waals surface area contributed by atoms with Crippen LogP contribution in [0.2, 0.25) is 0 Å². The Labute approximate surface area is 188 Å². The van der Waals surface area contributed by atoms with Crippen molar-refractivity contribution in [1.29, 1.82) is 0 Å². The van der Waals surface area contributed by atoms with E-state index in [1.54, 1.807) is 0 Å². The maximum Gasteiger partial charge on any atom is 0.487 e. The summed E-state index contributed by atoms with van der Waals surface area (Å²) in [5.41, 5.74) is -0.509. The first kappa shape index (κ1) is 27.2. The maximum atomic E-state index is 5.95. The van der Waals surface area contributed by atoms with Crippen LogP contribution in [0.5, 0.6) is 0 Å². The lowest BCUT2D eigenvalue weighted by Gasteiger charge is -2.32. The largest absolute Gasteiger partial charge is 0.487 e. The Kier molecular flexibility index (Phi) is 14.5. The third-order valence-electron chi connectivity index (χ3n) is 6.42. The topological polar surface area (TPSA) is 18.5 Å². The molecular formula is C27H49BO2. The van der Waals surface area contributed by atoms with Gasteiger partial charge in [-0.3, -0.25) is 0 Å². The van der Waals surface area contributed by atoms with E-state index in [1.807, 2.05) is 5.98 Å². The fraction of sp³-hybridized carbons (Fsp3) is 0.778. The number of unbranched alkanes of at least 4 members (excludes halogenated alkanes) is 12. The molecule has 30 heavy (non-hydrogen) atoms. The van der Waals surface area contributed by atoms with Gasteiger partial charge in [0.2, 0.25) is 0 Å². The third kappa shape index (κ3) is 12.2. The first-order valence-corrected chi connectivity index (χ1v) is 12.7. The molecule has 0 aromatic heterocycles. The van der Waals surface area contributed by atoms with Gasteiger partial charge in [0.1, 0.15) is 0 Å². The van der Waals surface area contributed by atoms with Gasteiger partial charge in [-0.1, -0.05) is 94.6 Å². The molecule has 0 spiro atoms. The van der Waals surface area contributed by atoms with Gasteiger partial charge in [-0.05, 0) is 66.2 Å². The van der Waals surface area contributed by atoms with E-state index >= 15 is 0 Å². The van der Waals surface area contributed by atoms with Gasteiger partial charge in [0, 0.05) is 0 Å². The van der Waals surface area contributed by atoms with Gasteiger partial charge in [0.15, 0.2) is 0 Å². The predicted octanol–water partition coefficient (Wildman–Crippen LogP) is 8.77. The van der Waals surface area contributed by atoms with Crippen LogP contribution in [-0.2, 0) is 9.31 Å². The summed E-state index contributed by atoms with van der Waals surface area (Å²) in [6.07, 6.45) is 30.0. The van der Waals surface area contributed by atoms with Crippen LogP contribution in [-0.4, -0.2) is 18.3 Å². The molecule has 1 rings (SSSR count). The van der Waals surface area contributed by atoms with Crippen LogP contribution in [0.4, 0.5) is 0 Å². The Bertz CT molecular complexity index is 489. The lowest BCUT2D eigenvalue weighted by molar-refractivity contribution is 0.00578. The van der Waals surface area contributed by atoms with Gasteiger partial charge in [-0.2, -0.15) is 0 Å². The van der Waals surface area contributed by atoms with Crippen LogP contribution in [0.25, 0.3) is 0 Å². The highest BCUT2D eigenvalue weighted by Crippen LogP contribution is 2.36. The normalized spacial score (nSPS) is 18.5. The summed E-state index contributed by atoms with van der Waals surface area (Å²) in [6.45, 7) is 10.6. The average Bonchev–Trinajstić information content (AvgIpc) is 2.90. The van der Waals surface area contributed by atoms with E-state index in [-0.39, 0.29) is 18.3 Å². The van der Waals surface area contributed by atoms with Crippen LogP contribution < -0.4 is 0 Å². The number of hydrogen-bond acceptors (Lipinski definition) is 2. The number of rotatable bonds is 17. The van der Waals surface area contributed by atoms with E-state index in [0.29, 0.717) is 0 Å². The molecule has 0 N–H and O–H groups in total. The van der Waals surface area contributed by atoms with E-state index in [9.17, 15) is 0 Å². The van der Waals surface area contributed by atoms with Crippen LogP contribution in [0.3, 0.4) is 0 Å². The SMILES string of the molecule is CCCCCCCC/C=C\CCCCCCC/C=C/C=C/B1OC(C)(C)C(C)(C)O1. The molecule has 2 nitrogen and oxygen atoms in total. The smallest absolute Gasteiger partial charge is 0.400 e. The molecular weight excluding hydrogens is 367 g/mol. The van der Waals surface area contributed by atoms with Gasteiger partial charge in [0.25, 0.3) is 0 Å². The first-order valence-electron chi connectivity index (χ1n) is 12.7. The summed E-state index contributed by atoms with van der Waals surface area (Å²) >= 11 is 0. The third-order valence-corrected chi connectivity index (χ3v) is 6.42. The summed E-state index contributed by atoms with van der Waals surface area (Å²) in [5.74, 6) is 2.01. The maximum absolute atomic E-state index is 5.95. The van der Waals surface area contributed by atoms with Gasteiger partial charge in [0.05, 0.1) is 11.2 Å². The van der Waals surface area contributed by atoms with Gasteiger partial charge < -0.3 is 9.31 Å². The Balaban J connectivity index is 1.89. The number of hydrogen-bond donors (Lipinski definition) is 0. The second kappa shape index (κ2) is 15.9. The average molecular weight is 416 g/mol. The van der Waals surface area contributed by atoms with Crippen molar-refractivity contribution >= 4 is 7.12 Å². The van der Waals surface area contributed by atoms with Crippen LogP contribution >= 0.6 is 0 Å². The highest BCUT2D eigenvalue weighted by atomic mass is 16.7. The zero-order valence-electron chi connectivity index (χ0n) is 20.8. The van der Waals surface area contributed by atoms with Crippen molar-refractivity contribution in [3.8, 4) is 0 Å². The van der Waals surface area contributed by atoms with E-state index in [2.05, 4.69) is 65.0 Å². The molecule has 0 amide bonds. The Hall–Kier alpha value is -0.795. The van der Waals surface area contributed by atoms with Crippen molar-refractivity contribution in [2.45, 2.75) is 136 Å². The molecule has 0 atom stereocenters. The standard InChI is InChI=1S/C27H49BO2/c1-6-7-8-9-10-11-12-13-14-15-16-17-18-19-20-21-22-23-24-25-28-29-26(2,3)27(4,5)30-28/h13-14,22-25H,6-12,15-21H2,1-5H3/b14-13-,23-22+,25-24+. The quantitative estimate of drug-likeness (QED) is 0.102. The summed E-state index contributed by atoms with van der Waals surface area (Å²) in [5, 5.41) is 0. The molecule has 172 valence electrons. The Morgan fingerprint density at radius 3 is 1.50 bits per heavy atom. The zero-order chi connectivity index (χ0) is 22.1. The van der Waals surface area contributed by atoms with Crippen molar-refractivity contribution < 1.29 is 9.31 Å². The van der Waals surface area contributed by atoms with Crippen molar-refractivity contribution in [3.05, 3.63) is 36.4 Å². The molecule has 0 bridgehead atoms. The lowest BCUT2D eigenvalue weighted by atomic mass is 9.90. The Morgan fingerprint density at radius 2 is 1.00 bits per heavy atom. The molecule has 3 heteroatoms. The van der Waals surface area contributed by atoms with Gasteiger partial charge in [-0.25, -0.2) is 0 Å². The highest BCUT2D eigenvalue weighted by molar-refractivity contribution is 6.51. The molecule has 0 radical (unpaired) electrons. The van der Waals surface area contributed by atoms with Gasteiger partial charge in [-0.15, -0.1) is 0 Å². The van der Waals surface area contributed by atoms with Crippen LogP contribution in [0.15, 0.2) is 36.4 Å². The van der Waals surface area contributed by atoms with Crippen molar-refractivity contribution in [2.75, 3.05) is 0 Å². The molecule has 1 saturated heterocycles. The van der Waals surface area contributed by atoms with E-state index < -0.39 is 0 Å². The molecule has 1 aliphatic heterocycles. The number of allylic oxidation sites excluding steroid dienone is 5. The van der Waals surface area contributed by atoms with Crippen LogP contribution in [0, 0.1) is 0 Å². The molecule has 0 saturated carbocycles. The van der Waals surface area contributed by atoms with Crippen molar-refractivity contribution in [3.63, 3.8) is 0 Å². The first-order chi connectivity index (χ1) is 14.4. The fourth-order valence-corrected chi connectivity index (χ4v) is 3.63.